The molecule has 0 radical (unpaired) electrons. The number of aromatic nitrogens is 4. The summed E-state index contributed by atoms with van der Waals surface area (Å²) < 4.78 is 42.0. The van der Waals surface area contributed by atoms with Gasteiger partial charge < -0.3 is 10.6 Å². The number of thiazole rings is 1. The quantitative estimate of drug-likeness (QED) is 0.593. The van der Waals surface area contributed by atoms with Crippen LogP contribution in [-0.2, 0) is 24.3 Å². The molecule has 1 amide bonds. The molecule has 12 heteroatoms. The SMILES string of the molecule is Cl.N[C@@H](CC(=O)N1CCn2nnc(-c3cncs3)c2C1)Cc1cc(F)c(F)cc1F. The van der Waals surface area contributed by atoms with Gasteiger partial charge in [-0.3, -0.25) is 9.78 Å². The highest BCUT2D eigenvalue weighted by molar-refractivity contribution is 7.13. The Morgan fingerprint density at radius 3 is 2.70 bits per heavy atom. The topological polar surface area (TPSA) is 89.9 Å². The Kier molecular flexibility index (Phi) is 6.74. The summed E-state index contributed by atoms with van der Waals surface area (Å²) in [6.45, 7) is 1.27. The van der Waals surface area contributed by atoms with Crippen molar-refractivity contribution in [1.82, 2.24) is 24.9 Å². The Bertz CT molecular complexity index is 1040. The Morgan fingerprint density at radius 1 is 1.20 bits per heavy atom. The van der Waals surface area contributed by atoms with Crippen LogP contribution in [0.15, 0.2) is 23.8 Å². The van der Waals surface area contributed by atoms with Gasteiger partial charge in [-0.15, -0.1) is 28.8 Å². The zero-order chi connectivity index (χ0) is 20.5. The van der Waals surface area contributed by atoms with Gasteiger partial charge in [-0.1, -0.05) is 5.21 Å². The van der Waals surface area contributed by atoms with Crippen molar-refractivity contribution < 1.29 is 18.0 Å². The van der Waals surface area contributed by atoms with E-state index in [1.807, 2.05) is 0 Å². The lowest BCUT2D eigenvalue weighted by Gasteiger charge is -2.28. The van der Waals surface area contributed by atoms with E-state index in [0.29, 0.717) is 31.4 Å². The van der Waals surface area contributed by atoms with E-state index in [1.165, 1.54) is 11.3 Å². The molecule has 7 nitrogen and oxygen atoms in total. The van der Waals surface area contributed by atoms with Gasteiger partial charge >= 0.3 is 0 Å². The second-order valence-corrected chi connectivity index (χ2v) is 7.70. The molecule has 2 aromatic heterocycles. The minimum absolute atomic E-state index is 0. The summed E-state index contributed by atoms with van der Waals surface area (Å²) in [6, 6.07) is 0.535. The van der Waals surface area contributed by atoms with Crippen molar-refractivity contribution in [1.29, 1.82) is 0 Å². The van der Waals surface area contributed by atoms with E-state index in [4.69, 9.17) is 5.73 Å². The standard InChI is InChI=1S/C18H17F3N6OS.ClH/c19-12-6-14(21)13(20)4-10(12)3-11(22)5-17(28)26-1-2-27-15(8-26)18(24-25-27)16-7-23-9-29-16;/h4,6-7,9,11H,1-3,5,8,22H2;1H/t11-;/m1./s1. The van der Waals surface area contributed by atoms with Crippen molar-refractivity contribution in [3.63, 3.8) is 0 Å². The van der Waals surface area contributed by atoms with Crippen LogP contribution in [0.3, 0.4) is 0 Å². The third kappa shape index (κ3) is 4.47. The molecule has 0 spiro atoms. The summed E-state index contributed by atoms with van der Waals surface area (Å²) in [5.74, 6) is -3.49. The van der Waals surface area contributed by atoms with Gasteiger partial charge in [-0.05, 0) is 18.1 Å². The summed E-state index contributed by atoms with van der Waals surface area (Å²) in [6.07, 6.45) is 1.58. The predicted molar refractivity (Wildman–Crippen MR) is 106 cm³/mol. The Hall–Kier alpha value is -2.50. The van der Waals surface area contributed by atoms with E-state index in [2.05, 4.69) is 15.3 Å². The lowest BCUT2D eigenvalue weighted by molar-refractivity contribution is -0.133. The van der Waals surface area contributed by atoms with Crippen LogP contribution >= 0.6 is 23.7 Å². The minimum atomic E-state index is -1.26. The summed E-state index contributed by atoms with van der Waals surface area (Å²) in [5, 5.41) is 8.31. The van der Waals surface area contributed by atoms with Gasteiger partial charge in [0.05, 0.1) is 29.2 Å². The number of fused-ring (bicyclic) bond motifs is 1. The van der Waals surface area contributed by atoms with Crippen LogP contribution in [0.25, 0.3) is 10.6 Å². The molecule has 1 atom stereocenters. The molecule has 3 aromatic rings. The second kappa shape index (κ2) is 9.11. The van der Waals surface area contributed by atoms with Crippen LogP contribution in [0.2, 0.25) is 0 Å². The number of nitrogens with zero attached hydrogens (tertiary/aromatic N) is 5. The number of hydrogen-bond acceptors (Lipinski definition) is 6. The van der Waals surface area contributed by atoms with Crippen LogP contribution in [-0.4, -0.2) is 43.4 Å². The number of carbonyl (C=O) groups excluding carboxylic acids is 1. The van der Waals surface area contributed by atoms with Crippen LogP contribution in [0.4, 0.5) is 13.2 Å². The van der Waals surface area contributed by atoms with Gasteiger partial charge in [0, 0.05) is 31.3 Å². The molecule has 0 bridgehead atoms. The molecule has 160 valence electrons. The Morgan fingerprint density at radius 2 is 1.97 bits per heavy atom. The monoisotopic (exact) mass is 458 g/mol. The zero-order valence-corrected chi connectivity index (χ0v) is 17.2. The molecule has 1 aromatic carbocycles. The maximum atomic E-state index is 13.8. The molecule has 2 N–H and O–H groups in total. The molecule has 0 unspecified atom stereocenters. The maximum Gasteiger partial charge on any atom is 0.224 e. The van der Waals surface area contributed by atoms with Crippen molar-refractivity contribution in [2.75, 3.05) is 6.54 Å². The van der Waals surface area contributed by atoms with Gasteiger partial charge in [-0.2, -0.15) is 0 Å². The third-order valence-electron chi connectivity index (χ3n) is 4.79. The zero-order valence-electron chi connectivity index (χ0n) is 15.6. The van der Waals surface area contributed by atoms with Crippen LogP contribution in [0.1, 0.15) is 17.7 Å². The molecule has 4 rings (SSSR count). The third-order valence-corrected chi connectivity index (χ3v) is 5.57. The number of nitrogens with two attached hydrogens (primary N) is 1. The minimum Gasteiger partial charge on any atom is -0.335 e. The van der Waals surface area contributed by atoms with Crippen LogP contribution in [0, 0.1) is 17.5 Å². The van der Waals surface area contributed by atoms with Crippen molar-refractivity contribution in [2.45, 2.75) is 32.0 Å². The highest BCUT2D eigenvalue weighted by Gasteiger charge is 2.27. The molecular weight excluding hydrogens is 441 g/mol. The van der Waals surface area contributed by atoms with Crippen LogP contribution < -0.4 is 5.73 Å². The van der Waals surface area contributed by atoms with E-state index in [9.17, 15) is 18.0 Å². The van der Waals surface area contributed by atoms with Gasteiger partial charge in [0.15, 0.2) is 11.6 Å². The summed E-state index contributed by atoms with van der Waals surface area (Å²) in [7, 11) is 0. The molecule has 0 saturated carbocycles. The summed E-state index contributed by atoms with van der Waals surface area (Å²) in [4.78, 5) is 19.2. The molecule has 0 aliphatic carbocycles. The van der Waals surface area contributed by atoms with Gasteiger partial charge in [0.2, 0.25) is 5.91 Å². The first-order chi connectivity index (χ1) is 13.9. The van der Waals surface area contributed by atoms with E-state index < -0.39 is 23.5 Å². The fourth-order valence-electron chi connectivity index (χ4n) is 3.31. The van der Waals surface area contributed by atoms with Crippen molar-refractivity contribution in [3.8, 4) is 10.6 Å². The average molecular weight is 459 g/mol. The number of rotatable bonds is 5. The maximum absolute atomic E-state index is 13.8. The average Bonchev–Trinajstić information content (AvgIpc) is 3.34. The van der Waals surface area contributed by atoms with E-state index in [0.717, 1.165) is 16.6 Å². The number of carbonyl (C=O) groups is 1. The molecule has 30 heavy (non-hydrogen) atoms. The van der Waals surface area contributed by atoms with Crippen LogP contribution in [0.5, 0.6) is 0 Å². The molecule has 0 fully saturated rings. The summed E-state index contributed by atoms with van der Waals surface area (Å²) >= 11 is 1.44. The number of halogens is 4. The number of amides is 1. The van der Waals surface area contributed by atoms with Crippen molar-refractivity contribution in [2.24, 2.45) is 5.73 Å². The largest absolute Gasteiger partial charge is 0.335 e. The molecule has 1 aliphatic rings. The lowest BCUT2D eigenvalue weighted by atomic mass is 10.0. The highest BCUT2D eigenvalue weighted by Crippen LogP contribution is 2.27. The van der Waals surface area contributed by atoms with Crippen molar-refractivity contribution in [3.05, 3.63) is 52.5 Å². The number of benzene rings is 1. The van der Waals surface area contributed by atoms with Crippen molar-refractivity contribution >= 4 is 29.7 Å². The lowest BCUT2D eigenvalue weighted by Crippen LogP contribution is -2.41. The fourth-order valence-corrected chi connectivity index (χ4v) is 3.94. The predicted octanol–water partition coefficient (Wildman–Crippen LogP) is 2.54. The van der Waals surface area contributed by atoms with E-state index in [1.54, 1.807) is 21.3 Å². The molecule has 3 heterocycles. The first-order valence-corrected chi connectivity index (χ1v) is 9.78. The van der Waals surface area contributed by atoms with Gasteiger partial charge in [0.1, 0.15) is 11.5 Å². The first-order valence-electron chi connectivity index (χ1n) is 8.90. The summed E-state index contributed by atoms with van der Waals surface area (Å²) in [5.41, 5.74) is 9.13. The van der Waals surface area contributed by atoms with E-state index in [-0.39, 0.29) is 36.7 Å². The second-order valence-electron chi connectivity index (χ2n) is 6.81. The Balaban J connectivity index is 0.00000256. The normalized spacial score (nSPS) is 14.2. The molecular formula is C18H18ClF3N6OS. The van der Waals surface area contributed by atoms with Gasteiger partial charge in [-0.25, -0.2) is 17.9 Å². The smallest absolute Gasteiger partial charge is 0.224 e. The number of hydrogen-bond donors (Lipinski definition) is 1. The fraction of sp³-hybridized carbons (Fsp3) is 0.333. The highest BCUT2D eigenvalue weighted by atomic mass is 35.5. The van der Waals surface area contributed by atoms with E-state index >= 15 is 0 Å². The first kappa shape index (κ1) is 22.2. The molecule has 1 aliphatic heterocycles. The Labute approximate surface area is 180 Å². The van der Waals surface area contributed by atoms with Gasteiger partial charge in [0.25, 0.3) is 0 Å². The molecule has 0 saturated heterocycles.